The molecule has 0 amide bonds. The molecule has 1 aliphatic rings. The van der Waals surface area contributed by atoms with E-state index >= 15 is 0 Å². The van der Waals surface area contributed by atoms with Gasteiger partial charge < -0.3 is 20.1 Å². The Balaban J connectivity index is 2.42. The summed E-state index contributed by atoms with van der Waals surface area (Å²) in [5, 5.41) is 37.0. The molecule has 4 N–H and O–H groups in total. The molecule has 14 heteroatoms. The molecule has 3 rings (SSSR count). The lowest BCUT2D eigenvalue weighted by atomic mass is 9.86. The molecule has 1 aliphatic carbocycles. The predicted octanol–water partition coefficient (Wildman–Crippen LogP) is 1.62. The van der Waals surface area contributed by atoms with Crippen LogP contribution in [-0.4, -0.2) is 52.1 Å². The van der Waals surface area contributed by atoms with Crippen molar-refractivity contribution in [2.24, 2.45) is 0 Å². The topological polar surface area (TPSA) is 80.9 Å². The normalized spacial score (nSPS) is 19.7. The molecule has 2 aromatic heterocycles. The number of rotatable bonds is 4. The van der Waals surface area contributed by atoms with E-state index in [0.29, 0.717) is 22.7 Å². The van der Waals surface area contributed by atoms with Crippen molar-refractivity contribution in [1.29, 1.82) is 0 Å². The first-order valence-electron chi connectivity index (χ1n) is 7.97. The minimum Gasteiger partial charge on any atom is -0.423 e. The zero-order valence-electron chi connectivity index (χ0n) is 14.7. The third-order valence-electron chi connectivity index (χ3n) is 4.59. The highest BCUT2D eigenvalue weighted by atomic mass is 32.1. The van der Waals surface area contributed by atoms with E-state index in [9.17, 15) is 46.4 Å². The van der Waals surface area contributed by atoms with Gasteiger partial charge in [-0.1, -0.05) is 0 Å². The summed E-state index contributed by atoms with van der Waals surface area (Å²) in [5.41, 5.74) is -4.58. The Kier molecular flexibility index (Phi) is 5.29. The highest BCUT2D eigenvalue weighted by Gasteiger charge is 2.80. The van der Waals surface area contributed by atoms with Gasteiger partial charge in [-0.05, 0) is 37.1 Å². The molecule has 156 valence electrons. The lowest BCUT2D eigenvalue weighted by Crippen LogP contribution is -2.49. The van der Waals surface area contributed by atoms with Gasteiger partial charge in [-0.15, -0.1) is 22.7 Å². The van der Waals surface area contributed by atoms with Gasteiger partial charge in [0, 0.05) is 30.5 Å². The van der Waals surface area contributed by atoms with E-state index < -0.39 is 54.3 Å². The number of halogens is 6. The van der Waals surface area contributed by atoms with Crippen LogP contribution >= 0.6 is 22.7 Å². The van der Waals surface area contributed by atoms with Crippen molar-refractivity contribution in [1.82, 2.24) is 0 Å². The molecule has 0 radical (unpaired) electrons. The lowest BCUT2D eigenvalue weighted by Gasteiger charge is -2.25. The van der Waals surface area contributed by atoms with Crippen molar-refractivity contribution < 1.29 is 46.4 Å². The highest BCUT2D eigenvalue weighted by molar-refractivity contribution is 7.22. The Morgan fingerprint density at radius 2 is 1.00 bits per heavy atom. The Morgan fingerprint density at radius 3 is 1.24 bits per heavy atom. The molecule has 29 heavy (non-hydrogen) atoms. The molecule has 0 saturated carbocycles. The summed E-state index contributed by atoms with van der Waals surface area (Å²) in [5.74, 6) is -16.3. The standard InChI is InChI=1S/C15H12B2F6O4S2/c1-5-7(3-9(28-5)16(24)25)11-12(8-4-10(17(26)27)29-6(8)2)14(20,21)15(22,23)13(11,18)19/h3-4,24-27H,1-2H3. The van der Waals surface area contributed by atoms with Gasteiger partial charge in [0.1, 0.15) is 0 Å². The van der Waals surface area contributed by atoms with Crippen LogP contribution in [0.5, 0.6) is 0 Å². The third-order valence-corrected chi connectivity index (χ3v) is 6.77. The average molecular weight is 456 g/mol. The van der Waals surface area contributed by atoms with Gasteiger partial charge >= 0.3 is 32.0 Å². The van der Waals surface area contributed by atoms with Crippen LogP contribution in [0.1, 0.15) is 20.9 Å². The monoisotopic (exact) mass is 456 g/mol. The van der Waals surface area contributed by atoms with Crippen molar-refractivity contribution in [2.75, 3.05) is 0 Å². The van der Waals surface area contributed by atoms with E-state index in [4.69, 9.17) is 0 Å². The molecule has 2 aromatic rings. The number of alkyl halides is 6. The smallest absolute Gasteiger partial charge is 0.423 e. The van der Waals surface area contributed by atoms with Crippen molar-refractivity contribution in [3.05, 3.63) is 33.0 Å². The molecule has 0 saturated heterocycles. The second kappa shape index (κ2) is 6.86. The number of hydrogen-bond acceptors (Lipinski definition) is 6. The summed E-state index contributed by atoms with van der Waals surface area (Å²) in [4.78, 5) is -0.187. The van der Waals surface area contributed by atoms with Crippen LogP contribution in [0.15, 0.2) is 12.1 Å². The number of aryl methyl sites for hydroxylation is 2. The minimum absolute atomic E-state index is 0.0934. The number of allylic oxidation sites excluding steroid dienone is 2. The van der Waals surface area contributed by atoms with E-state index in [1.807, 2.05) is 0 Å². The molecule has 0 unspecified atom stereocenters. The quantitative estimate of drug-likeness (QED) is 0.417. The summed E-state index contributed by atoms with van der Waals surface area (Å²) in [6.07, 6.45) is 0. The maximum absolute atomic E-state index is 14.7. The van der Waals surface area contributed by atoms with Crippen molar-refractivity contribution in [3.8, 4) is 0 Å². The highest BCUT2D eigenvalue weighted by Crippen LogP contribution is 2.65. The molecule has 4 nitrogen and oxygen atoms in total. The van der Waals surface area contributed by atoms with E-state index in [1.54, 1.807) is 0 Å². The van der Waals surface area contributed by atoms with Crippen molar-refractivity contribution >= 4 is 57.6 Å². The van der Waals surface area contributed by atoms with Crippen LogP contribution in [0.4, 0.5) is 26.3 Å². The molecule has 0 aliphatic heterocycles. The number of hydrogen-bond donors (Lipinski definition) is 4. The van der Waals surface area contributed by atoms with Crippen LogP contribution in [0.25, 0.3) is 11.1 Å². The van der Waals surface area contributed by atoms with Crippen molar-refractivity contribution in [2.45, 2.75) is 31.6 Å². The summed E-state index contributed by atoms with van der Waals surface area (Å²) in [7, 11) is -4.21. The van der Waals surface area contributed by atoms with Crippen LogP contribution in [0.3, 0.4) is 0 Å². The SMILES string of the molecule is Cc1sc(B(O)O)cc1C1=C(c2cc(B(O)O)sc2C)C(F)(F)C(F)(F)C1(F)F. The summed E-state index contributed by atoms with van der Waals surface area (Å²) >= 11 is 1.17. The zero-order valence-corrected chi connectivity index (χ0v) is 16.3. The van der Waals surface area contributed by atoms with E-state index in [0.717, 1.165) is 12.1 Å². The van der Waals surface area contributed by atoms with E-state index in [2.05, 4.69) is 0 Å². The lowest BCUT2D eigenvalue weighted by molar-refractivity contribution is -0.254. The van der Waals surface area contributed by atoms with Crippen LogP contribution in [0.2, 0.25) is 0 Å². The summed E-state index contributed by atoms with van der Waals surface area (Å²) in [6.45, 7) is 2.40. The van der Waals surface area contributed by atoms with Gasteiger partial charge in [0.25, 0.3) is 0 Å². The summed E-state index contributed by atoms with van der Waals surface area (Å²) < 4.78 is 86.6. The fourth-order valence-corrected chi connectivity index (χ4v) is 5.01. The molecular weight excluding hydrogens is 444 g/mol. The molecule has 0 aromatic carbocycles. The zero-order chi connectivity index (χ0) is 22.1. The molecule has 0 spiro atoms. The Hall–Kier alpha value is -1.31. The van der Waals surface area contributed by atoms with Crippen molar-refractivity contribution in [3.63, 3.8) is 0 Å². The molecule has 0 atom stereocenters. The fourth-order valence-electron chi connectivity index (χ4n) is 3.19. The summed E-state index contributed by atoms with van der Waals surface area (Å²) in [6, 6.07) is 1.52. The minimum atomic E-state index is -5.76. The van der Waals surface area contributed by atoms with Gasteiger partial charge in [0.2, 0.25) is 0 Å². The van der Waals surface area contributed by atoms with Gasteiger partial charge in [-0.3, -0.25) is 0 Å². The van der Waals surface area contributed by atoms with E-state index in [-0.39, 0.29) is 19.3 Å². The van der Waals surface area contributed by atoms with Crippen LogP contribution < -0.4 is 9.55 Å². The van der Waals surface area contributed by atoms with Gasteiger partial charge in [0.05, 0.1) is 0 Å². The van der Waals surface area contributed by atoms with Crippen LogP contribution in [0, 0.1) is 13.8 Å². The Labute approximate surface area is 169 Å². The molecule has 2 heterocycles. The third kappa shape index (κ3) is 3.08. The first-order chi connectivity index (χ1) is 13.1. The molecule has 0 bridgehead atoms. The first-order valence-corrected chi connectivity index (χ1v) is 9.60. The average Bonchev–Trinajstić information content (AvgIpc) is 3.17. The Morgan fingerprint density at radius 1 is 0.690 bits per heavy atom. The van der Waals surface area contributed by atoms with Gasteiger partial charge in [-0.2, -0.15) is 26.3 Å². The predicted molar refractivity (Wildman–Crippen MR) is 99.4 cm³/mol. The maximum atomic E-state index is 14.7. The van der Waals surface area contributed by atoms with Gasteiger partial charge in [-0.25, -0.2) is 0 Å². The molecular formula is C15H12B2F6O4S2. The first kappa shape index (κ1) is 22.4. The second-order valence-corrected chi connectivity index (χ2v) is 9.03. The van der Waals surface area contributed by atoms with Crippen LogP contribution in [-0.2, 0) is 0 Å². The fraction of sp³-hybridized carbons (Fsp3) is 0.333. The second-order valence-electron chi connectivity index (χ2n) is 6.46. The largest absolute Gasteiger partial charge is 0.499 e. The Bertz CT molecular complexity index is 923. The number of thiophene rings is 2. The molecule has 0 fully saturated rings. The van der Waals surface area contributed by atoms with E-state index in [1.165, 1.54) is 13.8 Å². The van der Waals surface area contributed by atoms with Gasteiger partial charge in [0.15, 0.2) is 0 Å². The maximum Gasteiger partial charge on any atom is 0.499 e.